The molecule has 1 N–H and O–H groups in total. The van der Waals surface area contributed by atoms with Crippen molar-refractivity contribution in [2.75, 3.05) is 0 Å². The molecule has 0 aliphatic carbocycles. The fourth-order valence-electron chi connectivity index (χ4n) is 1.67. The highest BCUT2D eigenvalue weighted by Gasteiger charge is 2.20. The molecular weight excluding hydrogens is 204 g/mol. The Bertz CT molecular complexity index is 546. The average molecular weight is 218 g/mol. The van der Waals surface area contributed by atoms with E-state index in [-0.39, 0.29) is 5.41 Å². The van der Waals surface area contributed by atoms with Gasteiger partial charge in [0.1, 0.15) is 0 Å². The Labute approximate surface area is 93.3 Å². The van der Waals surface area contributed by atoms with Crippen LogP contribution in [0.1, 0.15) is 26.3 Å². The molecule has 4 nitrogen and oxygen atoms in total. The van der Waals surface area contributed by atoms with Gasteiger partial charge in [-0.3, -0.25) is 0 Å². The normalized spacial score (nSPS) is 11.7. The van der Waals surface area contributed by atoms with Crippen molar-refractivity contribution in [1.82, 2.24) is 10.2 Å². The van der Waals surface area contributed by atoms with E-state index >= 15 is 0 Å². The Morgan fingerprint density at radius 2 is 1.94 bits per heavy atom. The smallest absolute Gasteiger partial charge is 0.388 e. The molecule has 0 atom stereocenters. The number of H-pyrrole nitrogens is 1. The van der Waals surface area contributed by atoms with Gasteiger partial charge in [0.25, 0.3) is 0 Å². The summed E-state index contributed by atoms with van der Waals surface area (Å²) in [5.41, 5.74) is 1.94. The minimum absolute atomic E-state index is 0.0197. The van der Waals surface area contributed by atoms with Crippen LogP contribution in [0, 0.1) is 0 Å². The number of hydrogen-bond donors (Lipinski definition) is 1. The Morgan fingerprint density at radius 1 is 1.25 bits per heavy atom. The summed E-state index contributed by atoms with van der Waals surface area (Å²) in [6, 6.07) is 7.79. The van der Waals surface area contributed by atoms with Crippen LogP contribution in [0.15, 0.2) is 33.5 Å². The topological polar surface area (TPSA) is 58.9 Å². The monoisotopic (exact) mass is 218 g/mol. The van der Waals surface area contributed by atoms with Crippen molar-refractivity contribution in [3.8, 4) is 11.5 Å². The summed E-state index contributed by atoms with van der Waals surface area (Å²) in [6.07, 6.45) is 0. The highest BCUT2D eigenvalue weighted by atomic mass is 16.4. The molecule has 0 radical (unpaired) electrons. The van der Waals surface area contributed by atoms with Crippen LogP contribution < -0.4 is 5.76 Å². The molecule has 0 aliphatic rings. The Hall–Kier alpha value is -1.84. The van der Waals surface area contributed by atoms with Crippen LogP contribution in [0.2, 0.25) is 0 Å². The molecule has 0 bridgehead atoms. The zero-order valence-electron chi connectivity index (χ0n) is 9.57. The van der Waals surface area contributed by atoms with E-state index in [1.54, 1.807) is 0 Å². The number of nitrogens with zero attached hydrogens (tertiary/aromatic N) is 1. The van der Waals surface area contributed by atoms with E-state index in [9.17, 15) is 4.79 Å². The van der Waals surface area contributed by atoms with Gasteiger partial charge in [-0.05, 0) is 17.0 Å². The molecular formula is C12H14N2O2. The number of aromatic nitrogens is 2. The molecule has 84 valence electrons. The van der Waals surface area contributed by atoms with E-state index < -0.39 is 5.76 Å². The van der Waals surface area contributed by atoms with Crippen molar-refractivity contribution in [1.29, 1.82) is 0 Å². The minimum Gasteiger partial charge on any atom is -0.388 e. The molecule has 2 rings (SSSR count). The van der Waals surface area contributed by atoms with Gasteiger partial charge in [-0.15, -0.1) is 5.10 Å². The lowest BCUT2D eigenvalue weighted by Crippen LogP contribution is -2.12. The zero-order chi connectivity index (χ0) is 11.8. The third-order valence-corrected chi connectivity index (χ3v) is 2.40. The van der Waals surface area contributed by atoms with Crippen molar-refractivity contribution < 1.29 is 4.42 Å². The highest BCUT2D eigenvalue weighted by Crippen LogP contribution is 2.31. The molecule has 0 saturated heterocycles. The number of rotatable bonds is 1. The first kappa shape index (κ1) is 10.7. The maximum Gasteiger partial charge on any atom is 0.434 e. The van der Waals surface area contributed by atoms with E-state index in [4.69, 9.17) is 4.42 Å². The van der Waals surface area contributed by atoms with E-state index in [0.717, 1.165) is 11.1 Å². The first-order valence-corrected chi connectivity index (χ1v) is 5.14. The van der Waals surface area contributed by atoms with E-state index in [2.05, 4.69) is 31.0 Å². The quantitative estimate of drug-likeness (QED) is 0.799. The van der Waals surface area contributed by atoms with Gasteiger partial charge >= 0.3 is 5.76 Å². The average Bonchev–Trinajstić information content (AvgIpc) is 2.64. The summed E-state index contributed by atoms with van der Waals surface area (Å²) >= 11 is 0. The Balaban J connectivity index is 2.61. The predicted octanol–water partition coefficient (Wildman–Crippen LogP) is 2.33. The molecule has 0 amide bonds. The summed E-state index contributed by atoms with van der Waals surface area (Å²) in [5, 5.41) is 6.13. The van der Waals surface area contributed by atoms with Gasteiger partial charge in [0.05, 0.1) is 0 Å². The molecule has 2 aromatic rings. The lowest BCUT2D eigenvalue weighted by Gasteiger charge is -2.21. The second-order valence-corrected chi connectivity index (χ2v) is 4.71. The standard InChI is InChI=1S/C12H14N2O2/c1-12(2,3)9-7-5-4-6-8(9)10-13-14-11(15)16-10/h4-7H,1-3H3,(H,14,15). The lowest BCUT2D eigenvalue weighted by atomic mass is 9.84. The summed E-state index contributed by atoms with van der Waals surface area (Å²) < 4.78 is 4.98. The zero-order valence-corrected chi connectivity index (χ0v) is 9.57. The molecule has 4 heteroatoms. The first-order chi connectivity index (χ1) is 7.48. The van der Waals surface area contributed by atoms with Crippen molar-refractivity contribution in [3.05, 3.63) is 40.4 Å². The first-order valence-electron chi connectivity index (χ1n) is 5.14. The van der Waals surface area contributed by atoms with Gasteiger partial charge in [0.15, 0.2) is 0 Å². The third kappa shape index (κ3) is 1.91. The van der Waals surface area contributed by atoms with Crippen LogP contribution in [0.5, 0.6) is 0 Å². The lowest BCUT2D eigenvalue weighted by molar-refractivity contribution is 0.522. The summed E-state index contributed by atoms with van der Waals surface area (Å²) in [4.78, 5) is 10.9. The van der Waals surface area contributed by atoms with Crippen molar-refractivity contribution in [2.24, 2.45) is 0 Å². The van der Waals surface area contributed by atoms with Crippen molar-refractivity contribution in [2.45, 2.75) is 26.2 Å². The van der Waals surface area contributed by atoms with Gasteiger partial charge in [-0.25, -0.2) is 9.89 Å². The van der Waals surface area contributed by atoms with Gasteiger partial charge in [0, 0.05) is 5.56 Å². The molecule has 0 aliphatic heterocycles. The van der Waals surface area contributed by atoms with Gasteiger partial charge in [-0.1, -0.05) is 39.0 Å². The van der Waals surface area contributed by atoms with Crippen LogP contribution in [0.25, 0.3) is 11.5 Å². The van der Waals surface area contributed by atoms with Gasteiger partial charge in [0.2, 0.25) is 5.89 Å². The Morgan fingerprint density at radius 3 is 2.50 bits per heavy atom. The van der Waals surface area contributed by atoms with Gasteiger partial charge < -0.3 is 4.42 Å². The molecule has 0 fully saturated rings. The second-order valence-electron chi connectivity index (χ2n) is 4.71. The van der Waals surface area contributed by atoms with Crippen LogP contribution in [0.3, 0.4) is 0 Å². The van der Waals surface area contributed by atoms with E-state index in [0.29, 0.717) is 5.89 Å². The minimum atomic E-state index is -0.529. The predicted molar refractivity (Wildman–Crippen MR) is 61.3 cm³/mol. The third-order valence-electron chi connectivity index (χ3n) is 2.40. The molecule has 16 heavy (non-hydrogen) atoms. The molecule has 0 unspecified atom stereocenters. The van der Waals surface area contributed by atoms with Crippen molar-refractivity contribution >= 4 is 0 Å². The summed E-state index contributed by atoms with van der Waals surface area (Å²) in [7, 11) is 0. The number of nitrogens with one attached hydrogen (secondary N) is 1. The number of benzene rings is 1. The Kier molecular flexibility index (Phi) is 2.42. The van der Waals surface area contributed by atoms with Crippen LogP contribution in [-0.4, -0.2) is 10.2 Å². The van der Waals surface area contributed by atoms with Gasteiger partial charge in [-0.2, -0.15) is 0 Å². The molecule has 0 saturated carbocycles. The SMILES string of the molecule is CC(C)(C)c1ccccc1-c1n[nH]c(=O)o1. The maximum absolute atomic E-state index is 10.9. The maximum atomic E-state index is 10.9. The molecule has 0 spiro atoms. The summed E-state index contributed by atoms with van der Waals surface area (Å²) in [5.74, 6) is -0.186. The fourth-order valence-corrected chi connectivity index (χ4v) is 1.67. The largest absolute Gasteiger partial charge is 0.434 e. The van der Waals surface area contributed by atoms with Crippen molar-refractivity contribution in [3.63, 3.8) is 0 Å². The molecule has 1 aromatic carbocycles. The summed E-state index contributed by atoms with van der Waals surface area (Å²) in [6.45, 7) is 6.32. The molecule has 1 aromatic heterocycles. The molecule has 1 heterocycles. The van der Waals surface area contributed by atoms with Crippen LogP contribution in [-0.2, 0) is 5.41 Å². The van der Waals surface area contributed by atoms with E-state index in [1.807, 2.05) is 24.3 Å². The number of hydrogen-bond acceptors (Lipinski definition) is 3. The van der Waals surface area contributed by atoms with E-state index in [1.165, 1.54) is 0 Å². The highest BCUT2D eigenvalue weighted by molar-refractivity contribution is 5.60. The fraction of sp³-hybridized carbons (Fsp3) is 0.333. The van der Waals surface area contributed by atoms with Crippen LogP contribution in [0.4, 0.5) is 0 Å². The second kappa shape index (κ2) is 3.63. The number of aromatic amines is 1. The van der Waals surface area contributed by atoms with Crippen LogP contribution >= 0.6 is 0 Å².